The van der Waals surface area contributed by atoms with E-state index < -0.39 is 0 Å². The summed E-state index contributed by atoms with van der Waals surface area (Å²) in [6, 6.07) is 9.17. The first kappa shape index (κ1) is 15.1. The summed E-state index contributed by atoms with van der Waals surface area (Å²) in [5, 5.41) is 0. The smallest absolute Gasteiger partial charge is 0.191 e. The van der Waals surface area contributed by atoms with E-state index in [1.807, 2.05) is 0 Å². The molecule has 2 fully saturated rings. The Labute approximate surface area is 142 Å². The van der Waals surface area contributed by atoms with Gasteiger partial charge in [-0.15, -0.1) is 24.0 Å². The van der Waals surface area contributed by atoms with Crippen molar-refractivity contribution in [1.29, 1.82) is 0 Å². The maximum Gasteiger partial charge on any atom is 0.191 e. The zero-order valence-corrected chi connectivity index (χ0v) is 14.6. The maximum atomic E-state index is 6.20. The summed E-state index contributed by atoms with van der Waals surface area (Å²) >= 11 is 0. The van der Waals surface area contributed by atoms with E-state index >= 15 is 0 Å². The second-order valence-electron chi connectivity index (χ2n) is 6.20. The van der Waals surface area contributed by atoms with Gasteiger partial charge in [-0.3, -0.25) is 0 Å². The Balaban J connectivity index is 0.00000132. The van der Waals surface area contributed by atoms with E-state index in [4.69, 9.17) is 15.5 Å². The van der Waals surface area contributed by atoms with Crippen LogP contribution < -0.4 is 5.73 Å². The zero-order valence-electron chi connectivity index (χ0n) is 12.2. The lowest BCUT2D eigenvalue weighted by Crippen LogP contribution is -2.48. The number of benzene rings is 1. The SMILES string of the molecule is CC1CN(C(N)=NC2C3Cc4ccccc4C32)CCO1.I. The van der Waals surface area contributed by atoms with Gasteiger partial charge in [-0.1, -0.05) is 24.3 Å². The molecule has 2 N–H and O–H groups in total. The normalized spacial score (nSPS) is 34.0. The number of hydrogen-bond acceptors (Lipinski definition) is 2. The minimum Gasteiger partial charge on any atom is -0.375 e. The minimum atomic E-state index is 0. The summed E-state index contributed by atoms with van der Waals surface area (Å²) in [7, 11) is 0. The first-order valence-electron chi connectivity index (χ1n) is 7.51. The van der Waals surface area contributed by atoms with Crippen molar-refractivity contribution in [1.82, 2.24) is 4.90 Å². The van der Waals surface area contributed by atoms with Crippen LogP contribution in [0.5, 0.6) is 0 Å². The molecule has 0 aromatic heterocycles. The van der Waals surface area contributed by atoms with Crippen molar-refractivity contribution in [3.63, 3.8) is 0 Å². The van der Waals surface area contributed by atoms with Crippen molar-refractivity contribution in [2.75, 3.05) is 19.7 Å². The molecule has 0 bridgehead atoms. The van der Waals surface area contributed by atoms with Crippen molar-refractivity contribution in [3.05, 3.63) is 35.4 Å². The van der Waals surface area contributed by atoms with E-state index in [-0.39, 0.29) is 30.1 Å². The van der Waals surface area contributed by atoms with Gasteiger partial charge in [0.05, 0.1) is 18.8 Å². The number of halogens is 1. The molecule has 1 heterocycles. The molecule has 1 aromatic rings. The molecule has 1 saturated heterocycles. The first-order chi connectivity index (χ1) is 9.74. The van der Waals surface area contributed by atoms with Crippen molar-refractivity contribution >= 4 is 29.9 Å². The van der Waals surface area contributed by atoms with Gasteiger partial charge in [0.2, 0.25) is 0 Å². The van der Waals surface area contributed by atoms with Crippen molar-refractivity contribution < 1.29 is 4.74 Å². The topological polar surface area (TPSA) is 50.8 Å². The van der Waals surface area contributed by atoms with Gasteiger partial charge in [0, 0.05) is 19.0 Å². The molecule has 1 aromatic carbocycles. The van der Waals surface area contributed by atoms with E-state index in [1.165, 1.54) is 17.5 Å². The van der Waals surface area contributed by atoms with Gasteiger partial charge in [-0.2, -0.15) is 0 Å². The van der Waals surface area contributed by atoms with Crippen molar-refractivity contribution in [3.8, 4) is 0 Å². The quantitative estimate of drug-likeness (QED) is 0.447. The van der Waals surface area contributed by atoms with Gasteiger partial charge >= 0.3 is 0 Å². The van der Waals surface area contributed by atoms with Crippen LogP contribution in [0, 0.1) is 5.92 Å². The summed E-state index contributed by atoms with van der Waals surface area (Å²) < 4.78 is 5.55. The Morgan fingerprint density at radius 3 is 3.00 bits per heavy atom. The molecular weight excluding hydrogens is 377 g/mol. The second kappa shape index (κ2) is 5.76. The Morgan fingerprint density at radius 1 is 1.38 bits per heavy atom. The van der Waals surface area contributed by atoms with Crippen LogP contribution in [0.4, 0.5) is 0 Å². The highest BCUT2D eigenvalue weighted by molar-refractivity contribution is 14.0. The lowest BCUT2D eigenvalue weighted by molar-refractivity contribution is 0.00527. The summed E-state index contributed by atoms with van der Waals surface area (Å²) in [5.41, 5.74) is 9.20. The third kappa shape index (κ3) is 2.65. The standard InChI is InChI=1S/C16H21N3O.HI/c1-10-9-19(6-7-20-10)16(17)18-15-13-8-11-4-2-3-5-12(11)14(13)15;/h2-5,10,13-15H,6-9H2,1H3,(H2,17,18);1H. The number of ether oxygens (including phenoxy) is 1. The molecule has 3 aliphatic rings. The number of guanidine groups is 1. The maximum absolute atomic E-state index is 6.20. The van der Waals surface area contributed by atoms with Crippen LogP contribution >= 0.6 is 24.0 Å². The van der Waals surface area contributed by atoms with Gasteiger partial charge in [0.25, 0.3) is 0 Å². The van der Waals surface area contributed by atoms with E-state index in [2.05, 4.69) is 36.1 Å². The predicted octanol–water partition coefficient (Wildman–Crippen LogP) is 1.98. The highest BCUT2D eigenvalue weighted by Crippen LogP contribution is 2.58. The van der Waals surface area contributed by atoms with Crippen LogP contribution in [0.1, 0.15) is 24.0 Å². The van der Waals surface area contributed by atoms with Crippen LogP contribution in [0.25, 0.3) is 0 Å². The average molecular weight is 399 g/mol. The second-order valence-corrected chi connectivity index (χ2v) is 6.20. The third-order valence-corrected chi connectivity index (χ3v) is 4.84. The summed E-state index contributed by atoms with van der Waals surface area (Å²) in [6.07, 6.45) is 1.42. The Hall–Kier alpha value is -0.820. The molecule has 2 aliphatic carbocycles. The van der Waals surface area contributed by atoms with E-state index in [9.17, 15) is 0 Å². The van der Waals surface area contributed by atoms with Crippen LogP contribution in [0.15, 0.2) is 29.3 Å². The molecule has 0 spiro atoms. The van der Waals surface area contributed by atoms with E-state index in [0.717, 1.165) is 19.7 Å². The van der Waals surface area contributed by atoms with E-state index in [1.54, 1.807) is 0 Å². The average Bonchev–Trinajstić information content (AvgIpc) is 2.96. The van der Waals surface area contributed by atoms with Crippen molar-refractivity contribution in [2.24, 2.45) is 16.6 Å². The summed E-state index contributed by atoms with van der Waals surface area (Å²) in [5.74, 6) is 2.00. The number of nitrogens with two attached hydrogens (primary N) is 1. The number of nitrogens with zero attached hydrogens (tertiary/aromatic N) is 2. The first-order valence-corrected chi connectivity index (χ1v) is 7.51. The Bertz CT molecular complexity index is 562. The third-order valence-electron chi connectivity index (χ3n) is 4.84. The fourth-order valence-electron chi connectivity index (χ4n) is 3.75. The molecule has 1 aliphatic heterocycles. The molecule has 4 nitrogen and oxygen atoms in total. The molecule has 0 amide bonds. The summed E-state index contributed by atoms with van der Waals surface area (Å²) in [6.45, 7) is 4.55. The molecule has 21 heavy (non-hydrogen) atoms. The highest BCUT2D eigenvalue weighted by Gasteiger charge is 2.56. The molecule has 4 unspecified atom stereocenters. The van der Waals surface area contributed by atoms with Crippen LogP contribution in [0.3, 0.4) is 0 Å². The molecular formula is C16H22IN3O. The fraction of sp³-hybridized carbons (Fsp3) is 0.562. The number of rotatable bonds is 1. The number of morpholine rings is 1. The molecule has 4 rings (SSSR count). The Kier molecular flexibility index (Phi) is 4.14. The predicted molar refractivity (Wildman–Crippen MR) is 94.2 cm³/mol. The van der Waals surface area contributed by atoms with Crippen LogP contribution in [-0.2, 0) is 11.2 Å². The van der Waals surface area contributed by atoms with E-state index in [0.29, 0.717) is 23.8 Å². The zero-order chi connectivity index (χ0) is 13.7. The fourth-order valence-corrected chi connectivity index (χ4v) is 3.75. The number of hydrogen-bond donors (Lipinski definition) is 1. The van der Waals surface area contributed by atoms with Gasteiger partial charge in [-0.05, 0) is 30.4 Å². The molecule has 1 saturated carbocycles. The highest BCUT2D eigenvalue weighted by atomic mass is 127. The van der Waals surface area contributed by atoms with Crippen molar-refractivity contribution in [2.45, 2.75) is 31.4 Å². The number of aliphatic imine (C=N–C) groups is 1. The molecule has 0 radical (unpaired) electrons. The van der Waals surface area contributed by atoms with Gasteiger partial charge < -0.3 is 15.4 Å². The van der Waals surface area contributed by atoms with Gasteiger partial charge in [0.15, 0.2) is 5.96 Å². The largest absolute Gasteiger partial charge is 0.375 e. The molecule has 114 valence electrons. The van der Waals surface area contributed by atoms with Crippen LogP contribution in [-0.4, -0.2) is 42.7 Å². The monoisotopic (exact) mass is 399 g/mol. The lowest BCUT2D eigenvalue weighted by Gasteiger charge is -2.31. The summed E-state index contributed by atoms with van der Waals surface area (Å²) in [4.78, 5) is 6.96. The Morgan fingerprint density at radius 2 is 2.19 bits per heavy atom. The molecule has 5 heteroatoms. The van der Waals surface area contributed by atoms with Crippen LogP contribution in [0.2, 0.25) is 0 Å². The van der Waals surface area contributed by atoms with Gasteiger partial charge in [-0.25, -0.2) is 4.99 Å². The molecule has 4 atom stereocenters. The number of fused-ring (bicyclic) bond motifs is 3. The lowest BCUT2D eigenvalue weighted by atomic mass is 10.1. The minimum absolute atomic E-state index is 0. The van der Waals surface area contributed by atoms with Gasteiger partial charge in [0.1, 0.15) is 0 Å².